The number of para-hydroxylation sites is 2. The quantitative estimate of drug-likeness (QED) is 0.598. The van der Waals surface area contributed by atoms with Crippen LogP contribution in [0.2, 0.25) is 5.02 Å². The highest BCUT2D eigenvalue weighted by Gasteiger charge is 2.41. The number of benzene rings is 2. The highest BCUT2D eigenvalue weighted by molar-refractivity contribution is 6.30. The second kappa shape index (κ2) is 9.54. The molecule has 0 amide bonds. The summed E-state index contributed by atoms with van der Waals surface area (Å²) in [5.74, 6) is 1.11. The Morgan fingerprint density at radius 1 is 1.10 bits per heavy atom. The van der Waals surface area contributed by atoms with Crippen LogP contribution < -0.4 is 9.47 Å². The van der Waals surface area contributed by atoms with Gasteiger partial charge in [-0.25, -0.2) is 0 Å². The fraction of sp³-hybridized carbons (Fsp3) is 0.375. The van der Waals surface area contributed by atoms with Crippen molar-refractivity contribution in [2.24, 2.45) is 5.92 Å². The summed E-state index contributed by atoms with van der Waals surface area (Å²) in [6, 6.07) is 15.0. The van der Waals surface area contributed by atoms with E-state index in [0.29, 0.717) is 42.6 Å². The molecule has 0 N–H and O–H groups in total. The van der Waals surface area contributed by atoms with Gasteiger partial charge in [-0.15, -0.1) is 0 Å². The van der Waals surface area contributed by atoms with Gasteiger partial charge in [-0.1, -0.05) is 35.9 Å². The molecular weight excluding hydrogens is 404 g/mol. The standard InChI is InChI=1S/C24H25ClO5/c1-2-27-20-8-3-4-9-21(20)30-23-15-29-22-13-18(10-11-19(22)24(23)26)28-14-16-6-5-7-17(25)12-16/h3-9,12,15,18-19,22H,2,10-11,13-14H2,1H3. The number of carbonyl (C=O) groups excluding carboxylic acids is 1. The molecule has 6 heteroatoms. The summed E-state index contributed by atoms with van der Waals surface area (Å²) in [4.78, 5) is 13.0. The highest BCUT2D eigenvalue weighted by atomic mass is 35.5. The minimum atomic E-state index is -0.213. The monoisotopic (exact) mass is 428 g/mol. The molecule has 1 saturated carbocycles. The van der Waals surface area contributed by atoms with E-state index in [9.17, 15) is 4.79 Å². The lowest BCUT2D eigenvalue weighted by Gasteiger charge is -2.37. The first-order valence-corrected chi connectivity index (χ1v) is 10.7. The van der Waals surface area contributed by atoms with E-state index < -0.39 is 0 Å². The van der Waals surface area contributed by atoms with Crippen LogP contribution >= 0.6 is 11.6 Å². The van der Waals surface area contributed by atoms with E-state index in [4.69, 9.17) is 30.5 Å². The Kier molecular flexibility index (Phi) is 6.60. The molecule has 1 heterocycles. The number of hydrogen-bond donors (Lipinski definition) is 0. The molecule has 3 atom stereocenters. The summed E-state index contributed by atoms with van der Waals surface area (Å²) >= 11 is 6.03. The van der Waals surface area contributed by atoms with E-state index in [2.05, 4.69) is 0 Å². The molecule has 4 rings (SSSR count). The average molecular weight is 429 g/mol. The van der Waals surface area contributed by atoms with Gasteiger partial charge in [0.25, 0.3) is 0 Å². The summed E-state index contributed by atoms with van der Waals surface area (Å²) in [5.41, 5.74) is 1.04. The summed E-state index contributed by atoms with van der Waals surface area (Å²) in [6.45, 7) is 2.92. The lowest BCUT2D eigenvalue weighted by molar-refractivity contribution is -0.134. The van der Waals surface area contributed by atoms with Crippen LogP contribution in [0.1, 0.15) is 31.7 Å². The van der Waals surface area contributed by atoms with Gasteiger partial charge in [0.05, 0.1) is 25.2 Å². The maximum atomic E-state index is 13.0. The van der Waals surface area contributed by atoms with Gasteiger partial charge in [0.15, 0.2) is 11.5 Å². The predicted octanol–water partition coefficient (Wildman–Crippen LogP) is 5.31. The van der Waals surface area contributed by atoms with Crippen LogP contribution in [0.25, 0.3) is 0 Å². The molecular formula is C24H25ClO5. The molecule has 0 spiro atoms. The van der Waals surface area contributed by atoms with Crippen molar-refractivity contribution in [1.29, 1.82) is 0 Å². The minimum absolute atomic E-state index is 0.0224. The van der Waals surface area contributed by atoms with E-state index in [1.54, 1.807) is 6.07 Å². The van der Waals surface area contributed by atoms with Gasteiger partial charge in [-0.2, -0.15) is 0 Å². The summed E-state index contributed by atoms with van der Waals surface area (Å²) in [6.07, 6.45) is 3.48. The van der Waals surface area contributed by atoms with Crippen LogP contribution in [0.4, 0.5) is 0 Å². The molecule has 5 nitrogen and oxygen atoms in total. The molecule has 2 aromatic carbocycles. The van der Waals surface area contributed by atoms with Crippen molar-refractivity contribution >= 4 is 17.4 Å². The average Bonchev–Trinajstić information content (AvgIpc) is 2.76. The van der Waals surface area contributed by atoms with E-state index in [1.165, 1.54) is 6.26 Å². The van der Waals surface area contributed by atoms with Gasteiger partial charge in [-0.3, -0.25) is 4.79 Å². The summed E-state index contributed by atoms with van der Waals surface area (Å²) in [5, 5.41) is 0.699. The van der Waals surface area contributed by atoms with Crippen molar-refractivity contribution in [3.05, 3.63) is 71.1 Å². The summed E-state index contributed by atoms with van der Waals surface area (Å²) in [7, 11) is 0. The molecule has 1 aliphatic carbocycles. The van der Waals surface area contributed by atoms with Crippen LogP contribution in [-0.4, -0.2) is 24.6 Å². The van der Waals surface area contributed by atoms with Crippen molar-refractivity contribution in [3.63, 3.8) is 0 Å². The first-order valence-electron chi connectivity index (χ1n) is 10.3. The number of hydrogen-bond acceptors (Lipinski definition) is 5. The van der Waals surface area contributed by atoms with Gasteiger partial charge >= 0.3 is 0 Å². The smallest absolute Gasteiger partial charge is 0.208 e. The molecule has 3 unspecified atom stereocenters. The topological polar surface area (TPSA) is 54.0 Å². The lowest BCUT2D eigenvalue weighted by atomic mass is 9.80. The van der Waals surface area contributed by atoms with Crippen molar-refractivity contribution in [1.82, 2.24) is 0 Å². The third-order valence-electron chi connectivity index (χ3n) is 5.42. The van der Waals surface area contributed by atoms with Crippen LogP contribution in [-0.2, 0) is 20.9 Å². The number of Topliss-reactive ketones (excluding diaryl/α,β-unsaturated/α-hetero) is 1. The second-order valence-electron chi connectivity index (χ2n) is 7.49. The van der Waals surface area contributed by atoms with E-state index in [-0.39, 0.29) is 29.7 Å². The lowest BCUT2D eigenvalue weighted by Crippen LogP contribution is -2.42. The Balaban J connectivity index is 1.37. The Hall–Kier alpha value is -2.50. The first-order chi connectivity index (χ1) is 14.6. The molecule has 1 aliphatic heterocycles. The summed E-state index contributed by atoms with van der Waals surface area (Å²) < 4.78 is 23.4. The van der Waals surface area contributed by atoms with Crippen molar-refractivity contribution in [2.45, 2.75) is 45.0 Å². The minimum Gasteiger partial charge on any atom is -0.493 e. The molecule has 0 radical (unpaired) electrons. The molecule has 2 aromatic rings. The maximum absolute atomic E-state index is 13.0. The Labute approximate surface area is 181 Å². The molecule has 0 bridgehead atoms. The van der Waals surface area contributed by atoms with Crippen LogP contribution in [0.5, 0.6) is 11.5 Å². The fourth-order valence-corrected chi connectivity index (χ4v) is 4.14. The largest absolute Gasteiger partial charge is 0.493 e. The van der Waals surface area contributed by atoms with Crippen molar-refractivity contribution in [2.75, 3.05) is 6.61 Å². The Morgan fingerprint density at radius 2 is 1.93 bits per heavy atom. The van der Waals surface area contributed by atoms with E-state index >= 15 is 0 Å². The molecule has 30 heavy (non-hydrogen) atoms. The Morgan fingerprint density at radius 3 is 2.73 bits per heavy atom. The van der Waals surface area contributed by atoms with Crippen molar-refractivity contribution < 1.29 is 23.7 Å². The Bertz CT molecular complexity index is 925. The number of ether oxygens (including phenoxy) is 4. The van der Waals surface area contributed by atoms with Gasteiger partial charge in [-0.05, 0) is 49.6 Å². The number of rotatable bonds is 7. The number of fused-ring (bicyclic) bond motifs is 1. The second-order valence-corrected chi connectivity index (χ2v) is 7.92. The molecule has 0 aromatic heterocycles. The number of halogens is 1. The third kappa shape index (κ3) is 4.79. The normalized spacial score (nSPS) is 23.2. The zero-order chi connectivity index (χ0) is 20.9. The molecule has 0 saturated heterocycles. The fourth-order valence-electron chi connectivity index (χ4n) is 3.93. The van der Waals surface area contributed by atoms with E-state index in [1.807, 2.05) is 49.4 Å². The number of carbonyl (C=O) groups is 1. The maximum Gasteiger partial charge on any atom is 0.208 e. The van der Waals surface area contributed by atoms with Crippen LogP contribution in [0.3, 0.4) is 0 Å². The van der Waals surface area contributed by atoms with Crippen molar-refractivity contribution in [3.8, 4) is 11.5 Å². The van der Waals surface area contributed by atoms with Crippen LogP contribution in [0.15, 0.2) is 60.6 Å². The molecule has 2 aliphatic rings. The molecule has 1 fully saturated rings. The van der Waals surface area contributed by atoms with Crippen LogP contribution in [0, 0.1) is 5.92 Å². The first kappa shape index (κ1) is 20.8. The van der Waals surface area contributed by atoms with Gasteiger partial charge in [0, 0.05) is 11.4 Å². The van der Waals surface area contributed by atoms with Gasteiger partial charge in [0.2, 0.25) is 11.5 Å². The number of allylic oxidation sites excluding steroid dienone is 1. The predicted molar refractivity (Wildman–Crippen MR) is 114 cm³/mol. The zero-order valence-corrected chi connectivity index (χ0v) is 17.6. The van der Waals surface area contributed by atoms with Gasteiger partial charge in [0.1, 0.15) is 12.4 Å². The van der Waals surface area contributed by atoms with Gasteiger partial charge < -0.3 is 18.9 Å². The van der Waals surface area contributed by atoms with E-state index in [0.717, 1.165) is 12.0 Å². The highest BCUT2D eigenvalue weighted by Crippen LogP contribution is 2.37. The molecule has 158 valence electrons. The zero-order valence-electron chi connectivity index (χ0n) is 16.9. The SMILES string of the molecule is CCOc1ccccc1OC1=COC2CC(OCc3cccc(Cl)c3)CCC2C1=O. The third-order valence-corrected chi connectivity index (χ3v) is 5.65. The number of ketones is 1.